The van der Waals surface area contributed by atoms with E-state index < -0.39 is 10.1 Å². The van der Waals surface area contributed by atoms with Gasteiger partial charge in [0.1, 0.15) is 0 Å². The molecule has 12 heteroatoms. The van der Waals surface area contributed by atoms with Gasteiger partial charge in [-0.25, -0.2) is 0 Å². The van der Waals surface area contributed by atoms with Gasteiger partial charge in [-0.05, 0) is 19.1 Å². The maximum atomic E-state index is 10.5. The Bertz CT molecular complexity index is 439. The predicted molar refractivity (Wildman–Crippen MR) is 97.7 cm³/mol. The molecule has 164 valence electrons. The molecule has 0 heterocycles. The van der Waals surface area contributed by atoms with Crippen molar-refractivity contribution in [2.75, 3.05) is 52.9 Å². The Balaban J connectivity index is -0.000000139. The Hall–Kier alpha value is -1.19. The van der Waals surface area contributed by atoms with Crippen molar-refractivity contribution in [3.05, 3.63) is 29.8 Å². The number of aliphatic hydroxyl groups excluding tert-OH is 8. The van der Waals surface area contributed by atoms with Gasteiger partial charge in [0.15, 0.2) is 0 Å². The van der Waals surface area contributed by atoms with E-state index in [1.807, 2.05) is 6.92 Å². The lowest BCUT2D eigenvalue weighted by Gasteiger charge is -1.95. The number of aryl methyl sites for hydroxylation is 1. The highest BCUT2D eigenvalue weighted by atomic mass is 32.2. The highest BCUT2D eigenvalue weighted by Crippen LogP contribution is 2.08. The van der Waals surface area contributed by atoms with E-state index in [1.165, 1.54) is 12.1 Å². The van der Waals surface area contributed by atoms with Crippen LogP contribution in [0.25, 0.3) is 0 Å². The molecule has 0 atom stereocenters. The van der Waals surface area contributed by atoms with E-state index in [-0.39, 0.29) is 57.8 Å². The molecule has 1 aromatic carbocycles. The zero-order chi connectivity index (χ0) is 22.1. The first-order valence-electron chi connectivity index (χ1n) is 7.57. The van der Waals surface area contributed by atoms with Crippen molar-refractivity contribution in [1.29, 1.82) is 0 Å². The molecule has 0 radical (unpaired) electrons. The fraction of sp³-hybridized carbons (Fsp3) is 0.600. The molecule has 11 nitrogen and oxygen atoms in total. The van der Waals surface area contributed by atoms with Crippen LogP contribution in [0.1, 0.15) is 5.56 Å². The van der Waals surface area contributed by atoms with Gasteiger partial charge in [-0.2, -0.15) is 8.42 Å². The lowest BCUT2D eigenvalue weighted by atomic mass is 10.2. The van der Waals surface area contributed by atoms with Crippen LogP contribution in [0, 0.1) is 6.92 Å². The summed E-state index contributed by atoms with van der Waals surface area (Å²) in [6, 6.07) is 5.99. The Morgan fingerprint density at radius 2 is 0.815 bits per heavy atom. The van der Waals surface area contributed by atoms with Crippen LogP contribution in [0.15, 0.2) is 29.2 Å². The maximum Gasteiger partial charge on any atom is 0.294 e. The molecule has 0 fully saturated rings. The van der Waals surface area contributed by atoms with Crippen LogP contribution in [0.5, 0.6) is 0 Å². The SMILES string of the molecule is Cc1ccc(S(=O)(=O)O)cc1.OCCO.OCCO.OCCO.OCCO. The first-order valence-corrected chi connectivity index (χ1v) is 9.01. The molecule has 0 amide bonds. The molecule has 0 spiro atoms. The van der Waals surface area contributed by atoms with Crippen LogP contribution in [0.4, 0.5) is 0 Å². The largest absolute Gasteiger partial charge is 0.394 e. The lowest BCUT2D eigenvalue weighted by molar-refractivity contribution is 0.186. The van der Waals surface area contributed by atoms with Crippen molar-refractivity contribution in [3.63, 3.8) is 0 Å². The van der Waals surface area contributed by atoms with Gasteiger partial charge in [-0.1, -0.05) is 17.7 Å². The molecule has 0 aliphatic carbocycles. The lowest BCUT2D eigenvalue weighted by Crippen LogP contribution is -1.96. The summed E-state index contributed by atoms with van der Waals surface area (Å²) in [5.74, 6) is 0. The zero-order valence-electron chi connectivity index (χ0n) is 15.2. The van der Waals surface area contributed by atoms with Crippen LogP contribution >= 0.6 is 0 Å². The Morgan fingerprint density at radius 1 is 0.593 bits per heavy atom. The zero-order valence-corrected chi connectivity index (χ0v) is 16.0. The fourth-order valence-corrected chi connectivity index (χ4v) is 1.19. The van der Waals surface area contributed by atoms with Crippen molar-refractivity contribution in [2.45, 2.75) is 11.8 Å². The van der Waals surface area contributed by atoms with Gasteiger partial charge in [0.2, 0.25) is 0 Å². The standard InChI is InChI=1S/C7H8O3S.4C2H6O2/c1-6-2-4-7(5-3-6)11(8,9)10;4*3-1-2-4/h2-5H,1H3,(H,8,9,10);4*3-4H,1-2H2. The predicted octanol–water partition coefficient (Wildman–Crippen LogP) is -2.87. The molecule has 1 rings (SSSR count). The number of hydrogen-bond donors (Lipinski definition) is 9. The third-order valence-electron chi connectivity index (χ3n) is 1.72. The summed E-state index contributed by atoms with van der Waals surface area (Å²) in [5, 5.41) is 61.0. The minimum atomic E-state index is -4.02. The fourth-order valence-electron chi connectivity index (χ4n) is 0.710. The van der Waals surface area contributed by atoms with Crippen LogP contribution in [-0.2, 0) is 10.1 Å². The molecule has 0 unspecified atom stereocenters. The molecule has 1 aromatic rings. The second kappa shape index (κ2) is 27.0. The summed E-state index contributed by atoms with van der Waals surface area (Å²) in [7, 11) is -4.02. The van der Waals surface area contributed by atoms with Crippen molar-refractivity contribution in [3.8, 4) is 0 Å². The molecule has 0 bridgehead atoms. The van der Waals surface area contributed by atoms with E-state index in [1.54, 1.807) is 12.1 Å². The van der Waals surface area contributed by atoms with Gasteiger partial charge in [0, 0.05) is 0 Å². The van der Waals surface area contributed by atoms with Gasteiger partial charge in [-0.15, -0.1) is 0 Å². The van der Waals surface area contributed by atoms with Gasteiger partial charge >= 0.3 is 0 Å². The molecule has 0 saturated carbocycles. The Labute approximate surface area is 159 Å². The topological polar surface area (TPSA) is 216 Å². The van der Waals surface area contributed by atoms with E-state index in [4.69, 9.17) is 45.4 Å². The summed E-state index contributed by atoms with van der Waals surface area (Å²) < 4.78 is 29.6. The molecular formula is C15H32O11S. The number of aliphatic hydroxyl groups is 8. The molecule has 9 N–H and O–H groups in total. The average Bonchev–Trinajstić information content (AvgIpc) is 2.68. The van der Waals surface area contributed by atoms with E-state index in [2.05, 4.69) is 0 Å². The molecule has 27 heavy (non-hydrogen) atoms. The van der Waals surface area contributed by atoms with Gasteiger partial charge in [0.25, 0.3) is 10.1 Å². The smallest absolute Gasteiger partial charge is 0.294 e. The molecule has 0 aliphatic heterocycles. The molecule has 0 saturated heterocycles. The summed E-state index contributed by atoms with van der Waals surface area (Å²) >= 11 is 0. The number of benzene rings is 1. The van der Waals surface area contributed by atoms with Gasteiger partial charge in [-0.3, -0.25) is 4.55 Å². The van der Waals surface area contributed by atoms with Crippen LogP contribution in [0.2, 0.25) is 0 Å². The van der Waals surface area contributed by atoms with E-state index >= 15 is 0 Å². The average molecular weight is 420 g/mol. The van der Waals surface area contributed by atoms with Crippen LogP contribution < -0.4 is 0 Å². The first kappa shape index (κ1) is 33.4. The quantitative estimate of drug-likeness (QED) is 0.220. The van der Waals surface area contributed by atoms with Crippen molar-refractivity contribution >= 4 is 10.1 Å². The summed E-state index contributed by atoms with van der Waals surface area (Å²) in [4.78, 5) is -0.0666. The van der Waals surface area contributed by atoms with Gasteiger partial charge in [0.05, 0.1) is 57.8 Å². The van der Waals surface area contributed by atoms with E-state index in [9.17, 15) is 8.42 Å². The molecular weight excluding hydrogens is 388 g/mol. The third-order valence-corrected chi connectivity index (χ3v) is 2.59. The molecule has 0 aromatic heterocycles. The summed E-state index contributed by atoms with van der Waals surface area (Å²) in [6.45, 7) is 0.841. The maximum absolute atomic E-state index is 10.5. The first-order chi connectivity index (χ1) is 12.7. The monoisotopic (exact) mass is 420 g/mol. The second-order valence-electron chi connectivity index (χ2n) is 4.08. The van der Waals surface area contributed by atoms with E-state index in [0.29, 0.717) is 0 Å². The Morgan fingerprint density at radius 3 is 0.963 bits per heavy atom. The normalized spacial score (nSPS) is 9.11. The highest BCUT2D eigenvalue weighted by molar-refractivity contribution is 7.85. The minimum absolute atomic E-state index is 0.0666. The van der Waals surface area contributed by atoms with Crippen molar-refractivity contribution < 1.29 is 53.8 Å². The van der Waals surface area contributed by atoms with Crippen LogP contribution in [0.3, 0.4) is 0 Å². The van der Waals surface area contributed by atoms with E-state index in [0.717, 1.165) is 5.56 Å². The number of hydrogen-bond acceptors (Lipinski definition) is 10. The minimum Gasteiger partial charge on any atom is -0.394 e. The Kier molecular flexibility index (Phi) is 33.4. The second-order valence-corrected chi connectivity index (χ2v) is 5.50. The molecule has 0 aliphatic rings. The van der Waals surface area contributed by atoms with Crippen molar-refractivity contribution in [2.24, 2.45) is 0 Å². The summed E-state index contributed by atoms with van der Waals surface area (Å²) in [5.41, 5.74) is 0.956. The summed E-state index contributed by atoms with van der Waals surface area (Å²) in [6.07, 6.45) is 0. The number of rotatable bonds is 5. The van der Waals surface area contributed by atoms with Crippen LogP contribution in [-0.4, -0.2) is 107 Å². The highest BCUT2D eigenvalue weighted by Gasteiger charge is 2.06. The third kappa shape index (κ3) is 36.5. The van der Waals surface area contributed by atoms with Gasteiger partial charge < -0.3 is 40.9 Å². The van der Waals surface area contributed by atoms with Crippen molar-refractivity contribution in [1.82, 2.24) is 0 Å².